The van der Waals surface area contributed by atoms with Gasteiger partial charge in [0, 0.05) is 6.42 Å². The van der Waals surface area contributed by atoms with Crippen LogP contribution < -0.4 is 14.2 Å². The number of nitrogens with zero attached hydrogens (tertiary/aromatic N) is 1. The van der Waals surface area contributed by atoms with Crippen LogP contribution >= 0.6 is 0 Å². The minimum Gasteiger partial charge on any atom is -0.493 e. The molecule has 1 aromatic rings. The summed E-state index contributed by atoms with van der Waals surface area (Å²) in [4.78, 5) is 2.19. The number of rotatable bonds is 5. The summed E-state index contributed by atoms with van der Waals surface area (Å²) in [5.74, 6) is 2.34. The highest BCUT2D eigenvalue weighted by Crippen LogP contribution is 2.40. The molecule has 4 nitrogen and oxygen atoms in total. The fourth-order valence-electron chi connectivity index (χ4n) is 2.19. The maximum absolute atomic E-state index is 5.74. The van der Waals surface area contributed by atoms with Crippen LogP contribution in [0.15, 0.2) is 12.1 Å². The predicted octanol–water partition coefficient (Wildman–Crippen LogP) is 2.35. The lowest BCUT2D eigenvalue weighted by atomic mass is 10.1. The van der Waals surface area contributed by atoms with Crippen LogP contribution in [0.4, 0.5) is 0 Å². The van der Waals surface area contributed by atoms with E-state index < -0.39 is 0 Å². The molecule has 1 aromatic carbocycles. The Bertz CT molecular complexity index is 418. The van der Waals surface area contributed by atoms with Gasteiger partial charge in [-0.3, -0.25) is 0 Å². The number of methoxy groups -OCH3 is 1. The Kier molecular flexibility index (Phi) is 4.91. The second-order valence-corrected chi connectivity index (χ2v) is 5.08. The smallest absolute Gasteiger partial charge is 0.203 e. The molecule has 1 aliphatic rings. The average Bonchev–Trinajstić information content (AvgIpc) is 2.62. The molecule has 0 saturated carbocycles. The molecule has 1 aliphatic heterocycles. The highest BCUT2D eigenvalue weighted by Gasteiger charge is 2.17. The maximum atomic E-state index is 5.74. The number of hydrogen-bond donors (Lipinski definition) is 0. The van der Waals surface area contributed by atoms with Gasteiger partial charge in [0.2, 0.25) is 5.75 Å². The summed E-state index contributed by atoms with van der Waals surface area (Å²) >= 11 is 0. The average molecular weight is 265 g/mol. The Morgan fingerprint density at radius 2 is 2.00 bits per heavy atom. The summed E-state index contributed by atoms with van der Waals surface area (Å²) < 4.78 is 16.9. The van der Waals surface area contributed by atoms with Gasteiger partial charge in [-0.1, -0.05) is 0 Å². The van der Waals surface area contributed by atoms with Crippen LogP contribution in [0.1, 0.15) is 18.4 Å². The molecule has 0 unspecified atom stereocenters. The van der Waals surface area contributed by atoms with Gasteiger partial charge in [-0.2, -0.15) is 0 Å². The standard InChI is InChI=1S/C15H23NO3/c1-16(2)7-4-6-12-10-13(17-3)15-14(11-12)18-8-5-9-19-15/h10-11H,4-9H2,1-3H3. The summed E-state index contributed by atoms with van der Waals surface area (Å²) in [5, 5.41) is 0. The molecule has 0 fully saturated rings. The van der Waals surface area contributed by atoms with Crippen molar-refractivity contribution in [1.82, 2.24) is 4.90 Å². The minimum absolute atomic E-state index is 0.684. The molecule has 0 N–H and O–H groups in total. The van der Waals surface area contributed by atoms with E-state index in [0.29, 0.717) is 13.2 Å². The second kappa shape index (κ2) is 6.66. The van der Waals surface area contributed by atoms with E-state index in [0.717, 1.165) is 43.1 Å². The van der Waals surface area contributed by atoms with Crippen LogP contribution in [-0.2, 0) is 6.42 Å². The van der Waals surface area contributed by atoms with Crippen molar-refractivity contribution >= 4 is 0 Å². The topological polar surface area (TPSA) is 30.9 Å². The lowest BCUT2D eigenvalue weighted by Gasteiger charge is -2.14. The van der Waals surface area contributed by atoms with E-state index in [2.05, 4.69) is 31.1 Å². The largest absolute Gasteiger partial charge is 0.493 e. The molecule has 19 heavy (non-hydrogen) atoms. The number of fused-ring (bicyclic) bond motifs is 1. The van der Waals surface area contributed by atoms with Crippen molar-refractivity contribution in [1.29, 1.82) is 0 Å². The van der Waals surface area contributed by atoms with Gasteiger partial charge in [-0.15, -0.1) is 0 Å². The zero-order valence-corrected chi connectivity index (χ0v) is 12.1. The number of ether oxygens (including phenoxy) is 3. The summed E-state index contributed by atoms with van der Waals surface area (Å²) in [7, 11) is 5.86. The number of benzene rings is 1. The third-order valence-corrected chi connectivity index (χ3v) is 3.16. The van der Waals surface area contributed by atoms with Gasteiger partial charge >= 0.3 is 0 Å². The summed E-state index contributed by atoms with van der Waals surface area (Å²) in [6.45, 7) is 2.47. The van der Waals surface area contributed by atoms with Gasteiger partial charge in [-0.05, 0) is 51.2 Å². The van der Waals surface area contributed by atoms with Crippen LogP contribution in [0.5, 0.6) is 17.2 Å². The van der Waals surface area contributed by atoms with E-state index in [1.54, 1.807) is 7.11 Å². The van der Waals surface area contributed by atoms with Crippen molar-refractivity contribution in [2.75, 3.05) is 41.0 Å². The lowest BCUT2D eigenvalue weighted by molar-refractivity contribution is 0.289. The van der Waals surface area contributed by atoms with Gasteiger partial charge < -0.3 is 19.1 Å². The first kappa shape index (κ1) is 14.0. The molecule has 106 valence electrons. The van der Waals surface area contributed by atoms with Gasteiger partial charge in [0.1, 0.15) is 0 Å². The molecule has 1 heterocycles. The second-order valence-electron chi connectivity index (χ2n) is 5.08. The Morgan fingerprint density at radius 1 is 1.21 bits per heavy atom. The normalized spacial score (nSPS) is 14.3. The van der Waals surface area contributed by atoms with E-state index in [9.17, 15) is 0 Å². The molecule has 0 spiro atoms. The van der Waals surface area contributed by atoms with Gasteiger partial charge in [-0.25, -0.2) is 0 Å². The Balaban J connectivity index is 2.14. The zero-order chi connectivity index (χ0) is 13.7. The van der Waals surface area contributed by atoms with Crippen molar-refractivity contribution < 1.29 is 14.2 Å². The van der Waals surface area contributed by atoms with Crippen LogP contribution in [-0.4, -0.2) is 45.9 Å². The molecule has 0 aromatic heterocycles. The quantitative estimate of drug-likeness (QED) is 0.817. The SMILES string of the molecule is COc1cc(CCCN(C)C)cc2c1OCCCO2. The molecular weight excluding hydrogens is 242 g/mol. The van der Waals surface area contributed by atoms with Crippen molar-refractivity contribution in [2.45, 2.75) is 19.3 Å². The molecule has 0 bridgehead atoms. The first-order valence-corrected chi connectivity index (χ1v) is 6.82. The maximum Gasteiger partial charge on any atom is 0.203 e. The summed E-state index contributed by atoms with van der Waals surface area (Å²) in [5.41, 5.74) is 1.24. The van der Waals surface area contributed by atoms with Crippen molar-refractivity contribution in [3.05, 3.63) is 17.7 Å². The fraction of sp³-hybridized carbons (Fsp3) is 0.600. The van der Waals surface area contributed by atoms with Crippen LogP contribution in [0.3, 0.4) is 0 Å². The minimum atomic E-state index is 0.684. The molecule has 2 rings (SSSR count). The predicted molar refractivity (Wildman–Crippen MR) is 75.5 cm³/mol. The third kappa shape index (κ3) is 3.77. The highest BCUT2D eigenvalue weighted by molar-refractivity contribution is 5.54. The molecular formula is C15H23NO3. The number of aryl methyl sites for hydroxylation is 1. The molecule has 4 heteroatoms. The van der Waals surface area contributed by atoms with E-state index in [1.165, 1.54) is 5.56 Å². The molecule has 0 amide bonds. The lowest BCUT2D eigenvalue weighted by Crippen LogP contribution is -2.13. The summed E-state index contributed by atoms with van der Waals surface area (Å²) in [6, 6.07) is 4.14. The van der Waals surface area contributed by atoms with Crippen LogP contribution in [0.25, 0.3) is 0 Å². The van der Waals surface area contributed by atoms with Gasteiger partial charge in [0.05, 0.1) is 20.3 Å². The Hall–Kier alpha value is -1.42. The third-order valence-electron chi connectivity index (χ3n) is 3.16. The fourth-order valence-corrected chi connectivity index (χ4v) is 2.19. The molecule has 0 aliphatic carbocycles. The first-order valence-electron chi connectivity index (χ1n) is 6.82. The highest BCUT2D eigenvalue weighted by atomic mass is 16.5. The first-order chi connectivity index (χ1) is 9.20. The van der Waals surface area contributed by atoms with E-state index in [4.69, 9.17) is 14.2 Å². The van der Waals surface area contributed by atoms with Gasteiger partial charge in [0.25, 0.3) is 0 Å². The monoisotopic (exact) mass is 265 g/mol. The Morgan fingerprint density at radius 3 is 2.74 bits per heavy atom. The van der Waals surface area contributed by atoms with Crippen molar-refractivity contribution in [3.8, 4) is 17.2 Å². The van der Waals surface area contributed by atoms with Gasteiger partial charge in [0.15, 0.2) is 11.5 Å². The van der Waals surface area contributed by atoms with Crippen molar-refractivity contribution in [2.24, 2.45) is 0 Å². The van der Waals surface area contributed by atoms with E-state index in [1.807, 2.05) is 0 Å². The van der Waals surface area contributed by atoms with Crippen molar-refractivity contribution in [3.63, 3.8) is 0 Å². The number of hydrogen-bond acceptors (Lipinski definition) is 4. The van der Waals surface area contributed by atoms with E-state index in [-0.39, 0.29) is 0 Å². The van der Waals surface area contributed by atoms with Crippen LogP contribution in [0, 0.1) is 0 Å². The van der Waals surface area contributed by atoms with E-state index >= 15 is 0 Å². The summed E-state index contributed by atoms with van der Waals surface area (Å²) in [6.07, 6.45) is 3.05. The zero-order valence-electron chi connectivity index (χ0n) is 12.1. The molecule has 0 radical (unpaired) electrons. The molecule has 0 atom stereocenters. The molecule has 0 saturated heterocycles. The Labute approximate surface area is 115 Å². The van der Waals surface area contributed by atoms with Crippen LogP contribution in [0.2, 0.25) is 0 Å².